The number of ether oxygens (including phenoxy) is 1. The average molecular weight is 477 g/mol. The van der Waals surface area contributed by atoms with E-state index >= 15 is 0 Å². The molecule has 3 aromatic rings. The van der Waals surface area contributed by atoms with Crippen LogP contribution in [0.3, 0.4) is 0 Å². The molecule has 2 aromatic carbocycles. The van der Waals surface area contributed by atoms with Crippen LogP contribution in [0.5, 0.6) is 5.88 Å². The summed E-state index contributed by atoms with van der Waals surface area (Å²) in [5, 5.41) is 0. The lowest BCUT2D eigenvalue weighted by atomic mass is 10.00. The van der Waals surface area contributed by atoms with Crippen LogP contribution in [0.1, 0.15) is 48.2 Å². The van der Waals surface area contributed by atoms with Crippen molar-refractivity contribution in [2.24, 2.45) is 5.92 Å². The van der Waals surface area contributed by atoms with Crippen LogP contribution in [0, 0.1) is 19.8 Å². The van der Waals surface area contributed by atoms with Crippen LogP contribution in [0.2, 0.25) is 0 Å². The Kier molecular flexibility index (Phi) is 7.41. The van der Waals surface area contributed by atoms with Gasteiger partial charge in [0.1, 0.15) is 6.61 Å². The largest absolute Gasteiger partial charge is 0.475 e. The maximum atomic E-state index is 13.3. The number of rotatable bonds is 4. The predicted molar refractivity (Wildman–Crippen MR) is 138 cm³/mol. The number of nitrogens with one attached hydrogen (secondary N) is 1. The molecule has 1 aromatic heterocycles. The van der Waals surface area contributed by atoms with E-state index in [0.29, 0.717) is 29.9 Å². The van der Waals surface area contributed by atoms with E-state index in [9.17, 15) is 4.79 Å². The maximum Gasteiger partial charge on any atom is 0.254 e. The van der Waals surface area contributed by atoms with Gasteiger partial charge in [0, 0.05) is 29.1 Å². The minimum Gasteiger partial charge on any atom is -0.475 e. The molecular weight excluding hydrogens is 444 g/mol. The average Bonchev–Trinajstić information content (AvgIpc) is 2.81. The van der Waals surface area contributed by atoms with E-state index < -0.39 is 0 Å². The van der Waals surface area contributed by atoms with Crippen LogP contribution in [-0.4, -0.2) is 40.5 Å². The number of carbonyl (C=O) groups is 1. The van der Waals surface area contributed by atoms with Gasteiger partial charge in [0.2, 0.25) is 11.8 Å². The SMILES string of the molecule is Cc1cccc(C)c1-c1cc2nc(n1)NSc1cccc(c1)C(=O)N(C)[C@H](CCC(C)C)CO2. The molecule has 6 nitrogen and oxygen atoms in total. The highest BCUT2D eigenvalue weighted by Gasteiger charge is 2.24. The topological polar surface area (TPSA) is 67.4 Å². The van der Waals surface area contributed by atoms with E-state index in [1.54, 1.807) is 0 Å². The Morgan fingerprint density at radius 2 is 1.85 bits per heavy atom. The molecule has 0 saturated heterocycles. The highest BCUT2D eigenvalue weighted by Crippen LogP contribution is 2.31. The molecule has 0 aliphatic carbocycles. The quantitative estimate of drug-likeness (QED) is 0.456. The van der Waals surface area contributed by atoms with Crippen LogP contribution in [0.15, 0.2) is 53.4 Å². The summed E-state index contributed by atoms with van der Waals surface area (Å²) in [7, 11) is 1.86. The van der Waals surface area contributed by atoms with Crippen LogP contribution >= 0.6 is 11.9 Å². The number of anilines is 1. The zero-order chi connectivity index (χ0) is 24.2. The van der Waals surface area contributed by atoms with E-state index in [-0.39, 0.29) is 11.9 Å². The van der Waals surface area contributed by atoms with Gasteiger partial charge in [0.05, 0.1) is 11.7 Å². The van der Waals surface area contributed by atoms with E-state index in [2.05, 4.69) is 55.6 Å². The lowest BCUT2D eigenvalue weighted by Gasteiger charge is -2.29. The fourth-order valence-electron chi connectivity index (χ4n) is 4.15. The summed E-state index contributed by atoms with van der Waals surface area (Å²) < 4.78 is 9.48. The van der Waals surface area contributed by atoms with Crippen molar-refractivity contribution < 1.29 is 9.53 Å². The van der Waals surface area contributed by atoms with Crippen molar-refractivity contribution in [1.29, 1.82) is 0 Å². The smallest absolute Gasteiger partial charge is 0.254 e. The monoisotopic (exact) mass is 476 g/mol. The van der Waals surface area contributed by atoms with Crippen molar-refractivity contribution in [3.8, 4) is 17.1 Å². The van der Waals surface area contributed by atoms with E-state index in [1.807, 2.05) is 42.3 Å². The zero-order valence-corrected chi connectivity index (χ0v) is 21.3. The molecule has 178 valence electrons. The van der Waals surface area contributed by atoms with Crippen molar-refractivity contribution in [2.45, 2.75) is 51.5 Å². The number of benzene rings is 2. The van der Waals surface area contributed by atoms with Crippen molar-refractivity contribution >= 4 is 23.8 Å². The van der Waals surface area contributed by atoms with Crippen molar-refractivity contribution in [3.05, 3.63) is 65.2 Å². The standard InChI is InChI=1S/C27H32N4O2S/c1-17(2)12-13-21-16-33-24-15-23(25-18(3)8-6-9-19(25)4)28-27(29-24)30-34-22-11-7-10-20(14-22)26(32)31(21)5/h6-11,14-15,17,21H,12-13,16H2,1-5H3,(H,28,29,30)/t21-/m1/s1. The number of hydrogen-bond donors (Lipinski definition) is 1. The first kappa shape index (κ1) is 24.1. The number of hydrogen-bond acceptors (Lipinski definition) is 6. The van der Waals surface area contributed by atoms with Crippen LogP contribution in [0.25, 0.3) is 11.3 Å². The third-order valence-electron chi connectivity index (χ3n) is 6.15. The molecule has 1 aliphatic heterocycles. The Morgan fingerprint density at radius 3 is 2.59 bits per heavy atom. The highest BCUT2D eigenvalue weighted by molar-refractivity contribution is 8.00. The van der Waals surface area contributed by atoms with Crippen LogP contribution in [-0.2, 0) is 0 Å². The Hall–Kier alpha value is -3.06. The van der Waals surface area contributed by atoms with Gasteiger partial charge >= 0.3 is 0 Å². The predicted octanol–water partition coefficient (Wildman–Crippen LogP) is 6.15. The Balaban J connectivity index is 1.76. The summed E-state index contributed by atoms with van der Waals surface area (Å²) in [6, 6.07) is 15.7. The van der Waals surface area contributed by atoms with Crippen LogP contribution in [0.4, 0.5) is 5.95 Å². The summed E-state index contributed by atoms with van der Waals surface area (Å²) in [4.78, 5) is 25.4. The molecule has 1 aliphatic rings. The number of carbonyl (C=O) groups excluding carboxylic acids is 1. The van der Waals surface area contributed by atoms with E-state index in [0.717, 1.165) is 40.1 Å². The molecule has 7 heteroatoms. The molecule has 1 atom stereocenters. The number of amides is 1. The molecular formula is C27H32N4O2S. The van der Waals surface area contributed by atoms with Gasteiger partial charge in [-0.05, 0) is 73.9 Å². The second-order valence-electron chi connectivity index (χ2n) is 9.27. The maximum absolute atomic E-state index is 13.3. The van der Waals surface area contributed by atoms with Crippen molar-refractivity contribution in [2.75, 3.05) is 18.4 Å². The molecule has 0 unspecified atom stereocenters. The first-order valence-electron chi connectivity index (χ1n) is 11.7. The number of fused-ring (bicyclic) bond motifs is 4. The first-order chi connectivity index (χ1) is 16.3. The highest BCUT2D eigenvalue weighted by atomic mass is 32.2. The van der Waals surface area contributed by atoms with Gasteiger partial charge in [-0.15, -0.1) is 0 Å². The van der Waals surface area contributed by atoms with Gasteiger partial charge in [-0.25, -0.2) is 4.98 Å². The van der Waals surface area contributed by atoms with E-state index in [4.69, 9.17) is 9.72 Å². The minimum absolute atomic E-state index is 0.00642. The number of likely N-dealkylation sites (N-methyl/N-ethyl adjacent to an activating group) is 1. The van der Waals surface area contributed by atoms with Gasteiger partial charge in [-0.3, -0.25) is 9.52 Å². The fourth-order valence-corrected chi connectivity index (χ4v) is 4.79. The molecule has 4 rings (SSSR count). The summed E-state index contributed by atoms with van der Waals surface area (Å²) in [6.45, 7) is 8.93. The fraction of sp³-hybridized carbons (Fsp3) is 0.370. The van der Waals surface area contributed by atoms with Crippen molar-refractivity contribution in [1.82, 2.24) is 14.9 Å². The molecule has 34 heavy (non-hydrogen) atoms. The lowest BCUT2D eigenvalue weighted by molar-refractivity contribution is 0.0655. The van der Waals surface area contributed by atoms with Gasteiger partial charge in [0.25, 0.3) is 5.91 Å². The first-order valence-corrected chi connectivity index (χ1v) is 12.5. The third kappa shape index (κ3) is 5.53. The normalized spacial score (nSPS) is 16.2. The van der Waals surface area contributed by atoms with Gasteiger partial charge in [-0.2, -0.15) is 4.98 Å². The molecule has 1 N–H and O–H groups in total. The Morgan fingerprint density at radius 1 is 1.12 bits per heavy atom. The van der Waals surface area contributed by atoms with Gasteiger partial charge < -0.3 is 9.64 Å². The second kappa shape index (κ2) is 10.5. The number of nitrogens with zero attached hydrogens (tertiary/aromatic N) is 3. The minimum atomic E-state index is -0.0676. The lowest BCUT2D eigenvalue weighted by Crippen LogP contribution is -2.41. The molecule has 0 radical (unpaired) electrons. The molecule has 0 fully saturated rings. The molecule has 4 bridgehead atoms. The third-order valence-corrected chi connectivity index (χ3v) is 6.92. The summed E-state index contributed by atoms with van der Waals surface area (Å²) >= 11 is 1.38. The van der Waals surface area contributed by atoms with Crippen LogP contribution < -0.4 is 9.46 Å². The summed E-state index contributed by atoms with van der Waals surface area (Å²) in [6.07, 6.45) is 1.86. The summed E-state index contributed by atoms with van der Waals surface area (Å²) in [5.74, 6) is 1.51. The second-order valence-corrected chi connectivity index (χ2v) is 10.1. The Labute approximate surface area is 206 Å². The molecule has 1 amide bonds. The molecule has 0 saturated carbocycles. The number of aryl methyl sites for hydroxylation is 2. The van der Waals surface area contributed by atoms with Crippen molar-refractivity contribution in [3.63, 3.8) is 0 Å². The Bertz CT molecular complexity index is 1160. The van der Waals surface area contributed by atoms with Gasteiger partial charge in [-0.1, -0.05) is 38.1 Å². The van der Waals surface area contributed by atoms with E-state index in [1.165, 1.54) is 11.9 Å². The van der Waals surface area contributed by atoms with Gasteiger partial charge in [0.15, 0.2) is 0 Å². The molecule has 0 spiro atoms. The molecule has 2 heterocycles. The summed E-state index contributed by atoms with van der Waals surface area (Å²) in [5.41, 5.74) is 4.85. The zero-order valence-electron chi connectivity index (χ0n) is 20.5. The number of aromatic nitrogens is 2.